The Morgan fingerprint density at radius 2 is 1.66 bits per heavy atom. The molecule has 0 aliphatic rings. The third-order valence-corrected chi connectivity index (χ3v) is 4.94. The van der Waals surface area contributed by atoms with E-state index >= 15 is 0 Å². The van der Waals surface area contributed by atoms with Crippen LogP contribution in [0.25, 0.3) is 11.4 Å². The Balaban J connectivity index is 1.97. The summed E-state index contributed by atoms with van der Waals surface area (Å²) in [5.74, 6) is -1.48. The molecule has 0 unspecified atom stereocenters. The van der Waals surface area contributed by atoms with E-state index in [9.17, 15) is 18.4 Å². The standard InChI is InChI=1S/C21H21F2N5O3S/c1-20(2,3)31-19(30)28-16(14-10-12-24-13-11-14)25-26-18(28)32-21(22,23)17(29)27(4)15-8-6-5-7-9-15/h5-13H,1-4H3. The van der Waals surface area contributed by atoms with Crippen molar-refractivity contribution in [1.82, 2.24) is 19.7 Å². The third kappa shape index (κ3) is 5.28. The Bertz CT molecular complexity index is 1100. The van der Waals surface area contributed by atoms with Crippen LogP contribution in [-0.2, 0) is 9.53 Å². The molecule has 168 valence electrons. The topological polar surface area (TPSA) is 90.2 Å². The number of anilines is 1. The van der Waals surface area contributed by atoms with Crippen molar-refractivity contribution in [3.8, 4) is 11.4 Å². The van der Waals surface area contributed by atoms with E-state index in [-0.39, 0.29) is 17.6 Å². The van der Waals surface area contributed by atoms with E-state index < -0.39 is 28.0 Å². The molecule has 0 N–H and O–H groups in total. The second kappa shape index (κ2) is 9.03. The van der Waals surface area contributed by atoms with Crippen molar-refractivity contribution in [2.75, 3.05) is 11.9 Å². The maximum absolute atomic E-state index is 15.0. The first-order valence-electron chi connectivity index (χ1n) is 9.49. The molecule has 0 bridgehead atoms. The largest absolute Gasteiger partial charge is 0.443 e. The quantitative estimate of drug-likeness (QED) is 0.518. The van der Waals surface area contributed by atoms with E-state index in [0.29, 0.717) is 11.3 Å². The summed E-state index contributed by atoms with van der Waals surface area (Å²) in [6.07, 6.45) is 1.98. The lowest BCUT2D eigenvalue weighted by molar-refractivity contribution is -0.131. The number of benzene rings is 1. The van der Waals surface area contributed by atoms with E-state index in [2.05, 4.69) is 15.2 Å². The van der Waals surface area contributed by atoms with Gasteiger partial charge in [0.2, 0.25) is 5.16 Å². The molecule has 8 nitrogen and oxygen atoms in total. The van der Waals surface area contributed by atoms with E-state index in [1.807, 2.05) is 0 Å². The smallest absolute Gasteiger partial charge is 0.422 e. The van der Waals surface area contributed by atoms with Crippen molar-refractivity contribution < 1.29 is 23.1 Å². The molecule has 0 saturated carbocycles. The van der Waals surface area contributed by atoms with Gasteiger partial charge in [0.25, 0.3) is 0 Å². The number of para-hydroxylation sites is 1. The number of alkyl halides is 2. The van der Waals surface area contributed by atoms with Crippen molar-refractivity contribution in [3.05, 3.63) is 54.9 Å². The molecule has 0 radical (unpaired) electrons. The number of rotatable bonds is 5. The lowest BCUT2D eigenvalue weighted by Crippen LogP contribution is -2.39. The summed E-state index contributed by atoms with van der Waals surface area (Å²) in [5, 5.41) is 3.22. The minimum Gasteiger partial charge on any atom is -0.443 e. The fraction of sp³-hybridized carbons (Fsp3) is 0.286. The molecular formula is C21H21F2N5O3S. The van der Waals surface area contributed by atoms with Gasteiger partial charge in [0.15, 0.2) is 5.82 Å². The number of halogens is 2. The van der Waals surface area contributed by atoms with Gasteiger partial charge in [0.1, 0.15) is 5.60 Å². The van der Waals surface area contributed by atoms with Gasteiger partial charge >= 0.3 is 17.3 Å². The van der Waals surface area contributed by atoms with Crippen LogP contribution in [0.5, 0.6) is 0 Å². The summed E-state index contributed by atoms with van der Waals surface area (Å²) in [7, 11) is 1.24. The summed E-state index contributed by atoms with van der Waals surface area (Å²) in [6.45, 7) is 4.92. The first-order valence-corrected chi connectivity index (χ1v) is 10.3. The van der Waals surface area contributed by atoms with Gasteiger partial charge < -0.3 is 9.64 Å². The van der Waals surface area contributed by atoms with E-state index in [0.717, 1.165) is 9.47 Å². The first-order chi connectivity index (χ1) is 15.0. The van der Waals surface area contributed by atoms with Crippen LogP contribution >= 0.6 is 11.8 Å². The zero-order chi connectivity index (χ0) is 23.5. The van der Waals surface area contributed by atoms with Crippen molar-refractivity contribution in [3.63, 3.8) is 0 Å². The van der Waals surface area contributed by atoms with Crippen LogP contribution in [0.3, 0.4) is 0 Å². The summed E-state index contributed by atoms with van der Waals surface area (Å²) in [5.41, 5.74) is -0.185. The highest BCUT2D eigenvalue weighted by molar-refractivity contribution is 8.01. The second-order valence-electron chi connectivity index (χ2n) is 7.68. The molecule has 2 heterocycles. The SMILES string of the molecule is CN(C(=O)C(F)(F)Sc1nnc(-c2ccncc2)n1C(=O)OC(C)(C)C)c1ccccc1. The van der Waals surface area contributed by atoms with E-state index in [1.54, 1.807) is 51.1 Å². The second-order valence-corrected chi connectivity index (χ2v) is 8.76. The predicted molar refractivity (Wildman–Crippen MR) is 116 cm³/mol. The maximum atomic E-state index is 15.0. The Hall–Kier alpha value is -3.34. The predicted octanol–water partition coefficient (Wildman–Crippen LogP) is 4.47. The minimum absolute atomic E-state index is 0.0104. The number of ether oxygens (including phenoxy) is 1. The first kappa shape index (κ1) is 23.3. The molecule has 0 saturated heterocycles. The number of aromatic nitrogens is 4. The highest BCUT2D eigenvalue weighted by Gasteiger charge is 2.45. The van der Waals surface area contributed by atoms with Crippen LogP contribution in [0, 0.1) is 0 Å². The molecular weight excluding hydrogens is 440 g/mol. The molecule has 1 aromatic carbocycles. The summed E-state index contributed by atoms with van der Waals surface area (Å²) >= 11 is -0.178. The number of hydrogen-bond donors (Lipinski definition) is 0. The molecule has 0 aliphatic heterocycles. The van der Waals surface area contributed by atoms with Crippen LogP contribution in [0.4, 0.5) is 19.3 Å². The average Bonchev–Trinajstić information content (AvgIpc) is 3.15. The molecule has 0 spiro atoms. The Morgan fingerprint density at radius 3 is 2.25 bits per heavy atom. The molecule has 2 aromatic heterocycles. The lowest BCUT2D eigenvalue weighted by Gasteiger charge is -2.23. The fourth-order valence-corrected chi connectivity index (χ4v) is 3.41. The van der Waals surface area contributed by atoms with Crippen LogP contribution in [0.15, 0.2) is 60.0 Å². The highest BCUT2D eigenvalue weighted by atomic mass is 32.2. The summed E-state index contributed by atoms with van der Waals surface area (Å²) in [6, 6.07) is 11.1. The number of carbonyl (C=O) groups is 2. The lowest BCUT2D eigenvalue weighted by atomic mass is 10.2. The molecule has 3 aromatic rings. The van der Waals surface area contributed by atoms with Gasteiger partial charge in [-0.1, -0.05) is 18.2 Å². The summed E-state index contributed by atoms with van der Waals surface area (Å²) in [4.78, 5) is 30.1. The van der Waals surface area contributed by atoms with Gasteiger partial charge in [-0.2, -0.15) is 8.78 Å². The molecule has 32 heavy (non-hydrogen) atoms. The van der Waals surface area contributed by atoms with Gasteiger partial charge in [-0.25, -0.2) is 9.36 Å². The van der Waals surface area contributed by atoms with Gasteiger partial charge in [-0.05, 0) is 56.8 Å². The van der Waals surface area contributed by atoms with E-state index in [1.165, 1.54) is 31.6 Å². The van der Waals surface area contributed by atoms with Crippen molar-refractivity contribution >= 4 is 29.4 Å². The van der Waals surface area contributed by atoms with Gasteiger partial charge in [-0.15, -0.1) is 10.2 Å². The molecule has 0 atom stereocenters. The number of pyridine rings is 1. The van der Waals surface area contributed by atoms with Crippen molar-refractivity contribution in [2.45, 2.75) is 36.8 Å². The van der Waals surface area contributed by atoms with E-state index in [4.69, 9.17) is 4.74 Å². The third-order valence-electron chi connectivity index (χ3n) is 4.06. The highest BCUT2D eigenvalue weighted by Crippen LogP contribution is 2.38. The van der Waals surface area contributed by atoms with Crippen LogP contribution in [-0.4, -0.2) is 49.7 Å². The monoisotopic (exact) mass is 461 g/mol. The molecule has 1 amide bonds. The Labute approximate surface area is 187 Å². The minimum atomic E-state index is -3.94. The van der Waals surface area contributed by atoms with Crippen molar-refractivity contribution in [1.29, 1.82) is 0 Å². The number of nitrogens with zero attached hydrogens (tertiary/aromatic N) is 5. The molecule has 0 fully saturated rings. The maximum Gasteiger partial charge on any atom is 0.422 e. The number of amides is 1. The number of carbonyl (C=O) groups excluding carboxylic acids is 2. The van der Waals surface area contributed by atoms with Crippen LogP contribution in [0.1, 0.15) is 20.8 Å². The Morgan fingerprint density at radius 1 is 1.03 bits per heavy atom. The zero-order valence-electron chi connectivity index (χ0n) is 17.8. The summed E-state index contributed by atoms with van der Waals surface area (Å²) < 4.78 is 36.1. The zero-order valence-corrected chi connectivity index (χ0v) is 18.6. The van der Waals surface area contributed by atoms with Crippen molar-refractivity contribution in [2.24, 2.45) is 0 Å². The van der Waals surface area contributed by atoms with Gasteiger partial charge in [0.05, 0.1) is 0 Å². The Kier molecular flexibility index (Phi) is 6.58. The molecule has 11 heteroatoms. The van der Waals surface area contributed by atoms with Crippen LogP contribution in [0.2, 0.25) is 0 Å². The fourth-order valence-electron chi connectivity index (χ4n) is 2.62. The normalized spacial score (nSPS) is 11.8. The van der Waals surface area contributed by atoms with Gasteiger partial charge in [-0.3, -0.25) is 9.78 Å². The number of thioether (sulfide) groups is 1. The number of hydrogen-bond acceptors (Lipinski definition) is 7. The molecule has 0 aliphatic carbocycles. The molecule has 3 rings (SSSR count). The van der Waals surface area contributed by atoms with Gasteiger partial charge in [0, 0.05) is 30.7 Å². The average molecular weight is 461 g/mol. The van der Waals surface area contributed by atoms with Crippen LogP contribution < -0.4 is 4.90 Å².